The van der Waals surface area contributed by atoms with E-state index in [4.69, 9.17) is 4.74 Å². The van der Waals surface area contributed by atoms with Crippen LogP contribution in [0.4, 0.5) is 0 Å². The summed E-state index contributed by atoms with van der Waals surface area (Å²) in [5.41, 5.74) is 2.92. The van der Waals surface area contributed by atoms with E-state index in [2.05, 4.69) is 36.9 Å². The van der Waals surface area contributed by atoms with E-state index in [9.17, 15) is 0 Å². The zero-order chi connectivity index (χ0) is 11.5. The molecule has 2 heteroatoms. The van der Waals surface area contributed by atoms with Gasteiger partial charge in [0.15, 0.2) is 0 Å². The Hall–Kier alpha value is -1.02. The third-order valence-electron chi connectivity index (χ3n) is 3.26. The fraction of sp³-hybridized carbons (Fsp3) is 0.571. The number of hydrogen-bond acceptors (Lipinski definition) is 2. The van der Waals surface area contributed by atoms with E-state index in [-0.39, 0.29) is 0 Å². The molecule has 1 aliphatic heterocycles. The van der Waals surface area contributed by atoms with Gasteiger partial charge in [-0.3, -0.25) is 4.90 Å². The lowest BCUT2D eigenvalue weighted by Gasteiger charge is -2.32. The molecule has 0 saturated carbocycles. The highest BCUT2D eigenvalue weighted by molar-refractivity contribution is 5.37. The molecule has 1 aliphatic rings. The van der Waals surface area contributed by atoms with Gasteiger partial charge in [-0.15, -0.1) is 0 Å². The lowest BCUT2D eigenvalue weighted by molar-refractivity contribution is 0.203. The van der Waals surface area contributed by atoms with Gasteiger partial charge in [0.1, 0.15) is 5.75 Å². The molecule has 0 aliphatic carbocycles. The number of ether oxygens (including phenoxy) is 1. The minimum atomic E-state index is 0.639. The largest absolute Gasteiger partial charge is 0.494 e. The van der Waals surface area contributed by atoms with E-state index in [1.54, 1.807) is 0 Å². The molecule has 1 aromatic carbocycles. The van der Waals surface area contributed by atoms with Crippen LogP contribution in [0.1, 0.15) is 31.9 Å². The van der Waals surface area contributed by atoms with Gasteiger partial charge in [0.05, 0.1) is 6.61 Å². The van der Waals surface area contributed by atoms with Gasteiger partial charge in [-0.05, 0) is 50.5 Å². The standard InChI is InChI=1S/C14H21NO/c1-4-16-14-6-5-13-10-15(11(2)3)8-7-12(13)9-14/h5-6,9,11H,4,7-8,10H2,1-3H3. The second-order valence-electron chi connectivity index (χ2n) is 4.68. The highest BCUT2D eigenvalue weighted by atomic mass is 16.5. The summed E-state index contributed by atoms with van der Waals surface area (Å²) in [6, 6.07) is 7.15. The highest BCUT2D eigenvalue weighted by Crippen LogP contribution is 2.24. The predicted octanol–water partition coefficient (Wildman–Crippen LogP) is 2.85. The van der Waals surface area contributed by atoms with Gasteiger partial charge in [0.2, 0.25) is 0 Å². The summed E-state index contributed by atoms with van der Waals surface area (Å²) in [6.45, 7) is 9.55. The second-order valence-corrected chi connectivity index (χ2v) is 4.68. The van der Waals surface area contributed by atoms with Crippen LogP contribution in [0.5, 0.6) is 5.75 Å². The molecule has 0 fully saturated rings. The van der Waals surface area contributed by atoms with Crippen molar-refractivity contribution in [2.75, 3.05) is 13.2 Å². The Morgan fingerprint density at radius 1 is 1.31 bits per heavy atom. The highest BCUT2D eigenvalue weighted by Gasteiger charge is 2.18. The van der Waals surface area contributed by atoms with Crippen LogP contribution in [0.3, 0.4) is 0 Å². The molecule has 2 rings (SSSR count). The molecule has 0 N–H and O–H groups in total. The van der Waals surface area contributed by atoms with Crippen LogP contribution in [0.25, 0.3) is 0 Å². The first-order valence-electron chi connectivity index (χ1n) is 6.19. The van der Waals surface area contributed by atoms with Gasteiger partial charge >= 0.3 is 0 Å². The summed E-state index contributed by atoms with van der Waals surface area (Å²) in [5.74, 6) is 1.01. The Balaban J connectivity index is 2.15. The van der Waals surface area contributed by atoms with Gasteiger partial charge in [-0.1, -0.05) is 6.07 Å². The van der Waals surface area contributed by atoms with Gasteiger partial charge in [0, 0.05) is 19.1 Å². The summed E-state index contributed by atoms with van der Waals surface area (Å²) in [6.07, 6.45) is 1.15. The average molecular weight is 219 g/mol. The maximum atomic E-state index is 5.53. The Morgan fingerprint density at radius 2 is 2.12 bits per heavy atom. The van der Waals surface area contributed by atoms with Crippen LogP contribution >= 0.6 is 0 Å². The fourth-order valence-electron chi connectivity index (χ4n) is 2.25. The quantitative estimate of drug-likeness (QED) is 0.775. The summed E-state index contributed by atoms with van der Waals surface area (Å²) >= 11 is 0. The topological polar surface area (TPSA) is 12.5 Å². The molecule has 88 valence electrons. The minimum absolute atomic E-state index is 0.639. The van der Waals surface area contributed by atoms with E-state index >= 15 is 0 Å². The van der Waals surface area contributed by atoms with Gasteiger partial charge < -0.3 is 4.74 Å². The van der Waals surface area contributed by atoms with Gasteiger partial charge in [-0.2, -0.15) is 0 Å². The molecular formula is C14H21NO. The van der Waals surface area contributed by atoms with E-state index in [1.165, 1.54) is 17.7 Å². The Bertz CT molecular complexity index is 360. The van der Waals surface area contributed by atoms with E-state index in [1.807, 2.05) is 6.92 Å². The van der Waals surface area contributed by atoms with Crippen molar-refractivity contribution in [1.82, 2.24) is 4.90 Å². The Morgan fingerprint density at radius 3 is 2.81 bits per heavy atom. The molecule has 0 aromatic heterocycles. The zero-order valence-corrected chi connectivity index (χ0v) is 10.5. The van der Waals surface area contributed by atoms with Crippen LogP contribution in [0.2, 0.25) is 0 Å². The number of nitrogens with zero attached hydrogens (tertiary/aromatic N) is 1. The second kappa shape index (κ2) is 4.88. The maximum absolute atomic E-state index is 5.53. The first kappa shape index (κ1) is 11.5. The number of fused-ring (bicyclic) bond motifs is 1. The molecular weight excluding hydrogens is 198 g/mol. The van der Waals surface area contributed by atoms with Crippen LogP contribution in [0, 0.1) is 0 Å². The summed E-state index contributed by atoms with van der Waals surface area (Å²) in [7, 11) is 0. The zero-order valence-electron chi connectivity index (χ0n) is 10.5. The van der Waals surface area contributed by atoms with E-state index in [0.717, 1.165) is 25.3 Å². The average Bonchev–Trinajstić information content (AvgIpc) is 2.28. The molecule has 1 heterocycles. The first-order valence-corrected chi connectivity index (χ1v) is 6.19. The first-order chi connectivity index (χ1) is 7.70. The molecule has 0 atom stereocenters. The third kappa shape index (κ3) is 2.38. The number of hydrogen-bond donors (Lipinski definition) is 0. The van der Waals surface area contributed by atoms with Crippen molar-refractivity contribution in [3.8, 4) is 5.75 Å². The van der Waals surface area contributed by atoms with Crippen molar-refractivity contribution in [3.63, 3.8) is 0 Å². The van der Waals surface area contributed by atoms with Crippen molar-refractivity contribution >= 4 is 0 Å². The summed E-state index contributed by atoms with van der Waals surface area (Å²) in [5, 5.41) is 0. The number of benzene rings is 1. The Kier molecular flexibility index (Phi) is 3.49. The lowest BCUT2D eigenvalue weighted by Crippen LogP contribution is -2.35. The maximum Gasteiger partial charge on any atom is 0.119 e. The van der Waals surface area contributed by atoms with Crippen molar-refractivity contribution in [3.05, 3.63) is 29.3 Å². The normalized spacial score (nSPS) is 16.2. The van der Waals surface area contributed by atoms with Crippen LogP contribution in [-0.4, -0.2) is 24.1 Å². The SMILES string of the molecule is CCOc1ccc2c(c1)CCN(C(C)C)C2. The van der Waals surface area contributed by atoms with E-state index in [0.29, 0.717) is 6.04 Å². The van der Waals surface area contributed by atoms with Gasteiger partial charge in [-0.25, -0.2) is 0 Å². The Labute approximate surface area is 98.2 Å². The van der Waals surface area contributed by atoms with Crippen molar-refractivity contribution in [2.24, 2.45) is 0 Å². The molecule has 0 radical (unpaired) electrons. The predicted molar refractivity (Wildman–Crippen MR) is 66.9 cm³/mol. The molecule has 0 amide bonds. The fourth-order valence-corrected chi connectivity index (χ4v) is 2.25. The van der Waals surface area contributed by atoms with Gasteiger partial charge in [0.25, 0.3) is 0 Å². The minimum Gasteiger partial charge on any atom is -0.494 e. The van der Waals surface area contributed by atoms with E-state index < -0.39 is 0 Å². The van der Waals surface area contributed by atoms with Crippen molar-refractivity contribution < 1.29 is 4.74 Å². The summed E-state index contributed by atoms with van der Waals surface area (Å²) in [4.78, 5) is 2.52. The van der Waals surface area contributed by atoms with Crippen molar-refractivity contribution in [2.45, 2.75) is 39.8 Å². The van der Waals surface area contributed by atoms with Crippen LogP contribution in [-0.2, 0) is 13.0 Å². The molecule has 0 unspecified atom stereocenters. The molecule has 0 spiro atoms. The monoisotopic (exact) mass is 219 g/mol. The molecule has 1 aromatic rings. The lowest BCUT2D eigenvalue weighted by atomic mass is 9.98. The molecule has 2 nitrogen and oxygen atoms in total. The number of rotatable bonds is 3. The molecule has 0 bridgehead atoms. The summed E-state index contributed by atoms with van der Waals surface area (Å²) < 4.78 is 5.53. The molecule has 0 saturated heterocycles. The van der Waals surface area contributed by atoms with Crippen molar-refractivity contribution in [1.29, 1.82) is 0 Å². The molecule has 16 heavy (non-hydrogen) atoms. The van der Waals surface area contributed by atoms with Crippen LogP contribution < -0.4 is 4.74 Å². The smallest absolute Gasteiger partial charge is 0.119 e. The van der Waals surface area contributed by atoms with Crippen LogP contribution in [0.15, 0.2) is 18.2 Å². The third-order valence-corrected chi connectivity index (χ3v) is 3.26.